The van der Waals surface area contributed by atoms with E-state index < -0.39 is 0 Å². The zero-order valence-corrected chi connectivity index (χ0v) is 13.0. The predicted octanol–water partition coefficient (Wildman–Crippen LogP) is 2.80. The van der Waals surface area contributed by atoms with Crippen LogP contribution in [-0.2, 0) is 4.74 Å². The van der Waals surface area contributed by atoms with Gasteiger partial charge in [0.25, 0.3) is 0 Å². The number of halogens is 2. The summed E-state index contributed by atoms with van der Waals surface area (Å²) in [5, 5.41) is 0.989. The Morgan fingerprint density at radius 1 is 1.30 bits per heavy atom. The van der Waals surface area contributed by atoms with Crippen LogP contribution in [0.4, 0.5) is 5.82 Å². The zero-order chi connectivity index (χ0) is 13.9. The van der Waals surface area contributed by atoms with E-state index in [1.165, 1.54) is 0 Å². The monoisotopic (exact) mass is 357 g/mol. The lowest BCUT2D eigenvalue weighted by Crippen LogP contribution is -2.37. The Balaban J connectivity index is 2.12. The van der Waals surface area contributed by atoms with Gasteiger partial charge in [0.05, 0.1) is 18.7 Å². The highest BCUT2D eigenvalue weighted by molar-refractivity contribution is 9.10. The maximum absolute atomic E-state index is 5.61. The van der Waals surface area contributed by atoms with Gasteiger partial charge in [-0.1, -0.05) is 27.5 Å². The quantitative estimate of drug-likeness (QED) is 0.790. The number of rotatable bonds is 3. The Bertz CT molecular complexity index is 620. The Morgan fingerprint density at radius 3 is 2.85 bits per heavy atom. The second-order valence-electron chi connectivity index (χ2n) is 4.34. The van der Waals surface area contributed by atoms with Gasteiger partial charge in [-0.25, -0.2) is 0 Å². The summed E-state index contributed by atoms with van der Waals surface area (Å²) in [4.78, 5) is 11.0. The molecule has 2 heterocycles. The van der Waals surface area contributed by atoms with Crippen LogP contribution in [0.5, 0.6) is 6.01 Å². The first-order valence-corrected chi connectivity index (χ1v) is 7.59. The first-order valence-electron chi connectivity index (χ1n) is 6.26. The fourth-order valence-electron chi connectivity index (χ4n) is 2.19. The number of morpholine rings is 1. The van der Waals surface area contributed by atoms with Crippen molar-refractivity contribution in [2.45, 2.75) is 0 Å². The zero-order valence-electron chi connectivity index (χ0n) is 10.7. The standard InChI is InChI=1S/C13H13BrClN3O2/c14-9-1-2-11-10(7-9)12(17-13(16-11)20-8-15)18-3-5-19-6-4-18/h1-2,7H,3-6,8H2. The molecule has 1 fully saturated rings. The van der Waals surface area contributed by atoms with Gasteiger partial charge < -0.3 is 14.4 Å². The summed E-state index contributed by atoms with van der Waals surface area (Å²) in [6.07, 6.45) is 0. The van der Waals surface area contributed by atoms with Crippen molar-refractivity contribution in [3.05, 3.63) is 22.7 Å². The largest absolute Gasteiger partial charge is 0.447 e. The molecule has 1 saturated heterocycles. The van der Waals surface area contributed by atoms with E-state index in [-0.39, 0.29) is 6.07 Å². The van der Waals surface area contributed by atoms with Crippen LogP contribution in [0.2, 0.25) is 0 Å². The molecule has 1 aliphatic heterocycles. The Hall–Kier alpha value is -1.11. The molecule has 3 rings (SSSR count). The Morgan fingerprint density at radius 2 is 2.10 bits per heavy atom. The van der Waals surface area contributed by atoms with Gasteiger partial charge in [0.1, 0.15) is 5.82 Å². The van der Waals surface area contributed by atoms with Crippen LogP contribution >= 0.6 is 27.5 Å². The highest BCUT2D eigenvalue weighted by Crippen LogP contribution is 2.29. The third kappa shape index (κ3) is 2.82. The summed E-state index contributed by atoms with van der Waals surface area (Å²) in [7, 11) is 0. The van der Waals surface area contributed by atoms with Crippen LogP contribution in [0.1, 0.15) is 0 Å². The van der Waals surface area contributed by atoms with E-state index in [2.05, 4.69) is 30.8 Å². The van der Waals surface area contributed by atoms with Gasteiger partial charge in [0, 0.05) is 22.9 Å². The van der Waals surface area contributed by atoms with Gasteiger partial charge in [-0.05, 0) is 18.2 Å². The number of hydrogen-bond acceptors (Lipinski definition) is 5. The van der Waals surface area contributed by atoms with Crippen LogP contribution in [0.15, 0.2) is 22.7 Å². The fourth-order valence-corrected chi connectivity index (χ4v) is 2.65. The molecule has 1 aromatic heterocycles. The van der Waals surface area contributed by atoms with Crippen LogP contribution in [0, 0.1) is 0 Å². The maximum atomic E-state index is 5.61. The molecule has 20 heavy (non-hydrogen) atoms. The number of benzene rings is 1. The van der Waals surface area contributed by atoms with E-state index in [0.717, 1.165) is 34.3 Å². The van der Waals surface area contributed by atoms with Crippen molar-refractivity contribution >= 4 is 44.3 Å². The Kier molecular flexibility index (Phi) is 4.24. The molecule has 0 unspecified atom stereocenters. The van der Waals surface area contributed by atoms with Gasteiger partial charge in [0.2, 0.25) is 0 Å². The van der Waals surface area contributed by atoms with Crippen LogP contribution in [0.25, 0.3) is 10.9 Å². The molecule has 0 radical (unpaired) electrons. The molecule has 0 saturated carbocycles. The van der Waals surface area contributed by atoms with E-state index in [1.807, 2.05) is 18.2 Å². The van der Waals surface area contributed by atoms with E-state index in [9.17, 15) is 0 Å². The fraction of sp³-hybridized carbons (Fsp3) is 0.385. The molecule has 0 atom stereocenters. The van der Waals surface area contributed by atoms with Crippen molar-refractivity contribution < 1.29 is 9.47 Å². The molecule has 2 aromatic rings. The predicted molar refractivity (Wildman–Crippen MR) is 81.6 cm³/mol. The first kappa shape index (κ1) is 13.9. The summed E-state index contributed by atoms with van der Waals surface area (Å²) in [6.45, 7) is 3.01. The molecule has 7 heteroatoms. The van der Waals surface area contributed by atoms with Crippen molar-refractivity contribution in [3.63, 3.8) is 0 Å². The molecular formula is C13H13BrClN3O2. The van der Waals surface area contributed by atoms with Crippen molar-refractivity contribution in [3.8, 4) is 6.01 Å². The number of hydrogen-bond donors (Lipinski definition) is 0. The smallest absolute Gasteiger partial charge is 0.320 e. The number of nitrogens with zero attached hydrogens (tertiary/aromatic N) is 3. The van der Waals surface area contributed by atoms with Gasteiger partial charge in [-0.2, -0.15) is 9.97 Å². The highest BCUT2D eigenvalue weighted by Gasteiger charge is 2.18. The average Bonchev–Trinajstić information content (AvgIpc) is 2.48. The van der Waals surface area contributed by atoms with Crippen molar-refractivity contribution in [1.29, 1.82) is 0 Å². The number of anilines is 1. The van der Waals surface area contributed by atoms with E-state index in [4.69, 9.17) is 21.1 Å². The number of alkyl halides is 1. The lowest BCUT2D eigenvalue weighted by Gasteiger charge is -2.28. The average molecular weight is 359 g/mol. The lowest BCUT2D eigenvalue weighted by atomic mass is 10.2. The summed E-state index contributed by atoms with van der Waals surface area (Å²) < 4.78 is 11.6. The van der Waals surface area contributed by atoms with Gasteiger partial charge in [-0.3, -0.25) is 0 Å². The minimum absolute atomic E-state index is 0.0323. The highest BCUT2D eigenvalue weighted by atomic mass is 79.9. The summed E-state index contributed by atoms with van der Waals surface area (Å²) >= 11 is 9.10. The molecule has 1 aromatic carbocycles. The van der Waals surface area contributed by atoms with Crippen LogP contribution < -0.4 is 9.64 Å². The summed E-state index contributed by atoms with van der Waals surface area (Å²) in [5.74, 6) is 0.861. The summed E-state index contributed by atoms with van der Waals surface area (Å²) in [6, 6.07) is 6.24. The number of fused-ring (bicyclic) bond motifs is 1. The second kappa shape index (κ2) is 6.11. The molecule has 1 aliphatic rings. The third-order valence-corrected chi connectivity index (χ3v) is 3.71. The topological polar surface area (TPSA) is 47.5 Å². The number of aromatic nitrogens is 2. The van der Waals surface area contributed by atoms with E-state index in [1.54, 1.807) is 0 Å². The molecular weight excluding hydrogens is 346 g/mol. The van der Waals surface area contributed by atoms with Crippen molar-refractivity contribution in [2.24, 2.45) is 0 Å². The SMILES string of the molecule is ClCOc1nc(N2CCOCC2)c2cc(Br)ccc2n1. The maximum Gasteiger partial charge on any atom is 0.320 e. The van der Waals surface area contributed by atoms with Crippen molar-refractivity contribution in [1.82, 2.24) is 9.97 Å². The van der Waals surface area contributed by atoms with Gasteiger partial charge >= 0.3 is 6.01 Å². The minimum Gasteiger partial charge on any atom is -0.447 e. The third-order valence-electron chi connectivity index (χ3n) is 3.11. The molecule has 106 valence electrons. The van der Waals surface area contributed by atoms with Gasteiger partial charge in [0.15, 0.2) is 6.07 Å². The van der Waals surface area contributed by atoms with E-state index in [0.29, 0.717) is 19.2 Å². The molecule has 5 nitrogen and oxygen atoms in total. The van der Waals surface area contributed by atoms with Crippen LogP contribution in [0.3, 0.4) is 0 Å². The molecule has 0 bridgehead atoms. The number of ether oxygens (including phenoxy) is 2. The van der Waals surface area contributed by atoms with E-state index >= 15 is 0 Å². The molecule has 0 amide bonds. The Labute approximate surface area is 130 Å². The molecule has 0 aliphatic carbocycles. The second-order valence-corrected chi connectivity index (χ2v) is 5.48. The summed E-state index contributed by atoms with van der Waals surface area (Å²) in [5.41, 5.74) is 0.838. The normalized spacial score (nSPS) is 15.6. The molecule has 0 spiro atoms. The van der Waals surface area contributed by atoms with Gasteiger partial charge in [-0.15, -0.1) is 0 Å². The lowest BCUT2D eigenvalue weighted by molar-refractivity contribution is 0.122. The minimum atomic E-state index is 0.0323. The van der Waals surface area contributed by atoms with Crippen LogP contribution in [-0.4, -0.2) is 42.3 Å². The molecule has 0 N–H and O–H groups in total. The van der Waals surface area contributed by atoms with Crippen molar-refractivity contribution in [2.75, 3.05) is 37.3 Å². The first-order chi connectivity index (χ1) is 9.78.